The predicted octanol–water partition coefficient (Wildman–Crippen LogP) is 2.46. The normalized spacial score (nSPS) is 21.5. The van der Waals surface area contributed by atoms with Crippen molar-refractivity contribution in [3.05, 3.63) is 63.6 Å². The third kappa shape index (κ3) is 2.71. The van der Waals surface area contributed by atoms with Gasteiger partial charge in [-0.3, -0.25) is 9.59 Å². The number of fused-ring (bicyclic) bond motifs is 2. The van der Waals surface area contributed by atoms with Crippen molar-refractivity contribution in [2.75, 3.05) is 6.54 Å². The molecule has 1 aliphatic carbocycles. The van der Waals surface area contributed by atoms with Gasteiger partial charge in [0.25, 0.3) is 11.5 Å². The Morgan fingerprint density at radius 2 is 1.88 bits per heavy atom. The van der Waals surface area contributed by atoms with Gasteiger partial charge in [-0.15, -0.1) is 0 Å². The van der Waals surface area contributed by atoms with Gasteiger partial charge < -0.3 is 14.2 Å². The standard InChI is InChI=1S/C21H22N2O3/c24-20-11-15-9-10-22(12-16(15)13-23(20)17-6-7-17)21(25)19-8-5-14-3-1-2-4-18(14)26-19/h1-4,11,13,17,19H,5-10,12H2. The molecule has 2 aromatic rings. The molecule has 1 aromatic heterocycles. The third-order valence-electron chi connectivity index (χ3n) is 5.72. The van der Waals surface area contributed by atoms with Crippen molar-refractivity contribution >= 4 is 5.91 Å². The van der Waals surface area contributed by atoms with Gasteiger partial charge in [-0.1, -0.05) is 18.2 Å². The van der Waals surface area contributed by atoms with Crippen LogP contribution in [-0.4, -0.2) is 28.0 Å². The molecule has 134 valence electrons. The highest BCUT2D eigenvalue weighted by atomic mass is 16.5. The first-order chi connectivity index (χ1) is 12.7. The summed E-state index contributed by atoms with van der Waals surface area (Å²) in [6.07, 6.45) is 6.07. The Kier molecular flexibility index (Phi) is 3.62. The molecule has 5 rings (SSSR count). The summed E-state index contributed by atoms with van der Waals surface area (Å²) >= 11 is 0. The van der Waals surface area contributed by atoms with E-state index in [2.05, 4.69) is 6.07 Å². The molecule has 1 amide bonds. The minimum atomic E-state index is -0.402. The number of pyridine rings is 1. The van der Waals surface area contributed by atoms with E-state index in [0.717, 1.165) is 49.0 Å². The minimum Gasteiger partial charge on any atom is -0.480 e. The summed E-state index contributed by atoms with van der Waals surface area (Å²) in [6, 6.07) is 10.1. The smallest absolute Gasteiger partial charge is 0.263 e. The fourth-order valence-electron chi connectivity index (χ4n) is 4.07. The highest BCUT2D eigenvalue weighted by molar-refractivity contribution is 5.82. The van der Waals surface area contributed by atoms with Crippen LogP contribution in [0.1, 0.15) is 42.0 Å². The molecular weight excluding hydrogens is 328 g/mol. The highest BCUT2D eigenvalue weighted by Crippen LogP contribution is 2.34. The van der Waals surface area contributed by atoms with E-state index in [4.69, 9.17) is 4.74 Å². The van der Waals surface area contributed by atoms with Crippen LogP contribution in [0.2, 0.25) is 0 Å². The summed E-state index contributed by atoms with van der Waals surface area (Å²) in [6.45, 7) is 1.23. The largest absolute Gasteiger partial charge is 0.480 e. The Morgan fingerprint density at radius 3 is 2.73 bits per heavy atom. The number of hydrogen-bond donors (Lipinski definition) is 0. The van der Waals surface area contributed by atoms with Crippen molar-refractivity contribution in [1.82, 2.24) is 9.47 Å². The topological polar surface area (TPSA) is 51.5 Å². The molecule has 1 aromatic carbocycles. The third-order valence-corrected chi connectivity index (χ3v) is 5.72. The number of hydrogen-bond acceptors (Lipinski definition) is 3. The zero-order valence-corrected chi connectivity index (χ0v) is 14.7. The van der Waals surface area contributed by atoms with Crippen molar-refractivity contribution in [1.29, 1.82) is 0 Å². The Morgan fingerprint density at radius 1 is 1.04 bits per heavy atom. The number of aromatic nitrogens is 1. The molecule has 26 heavy (non-hydrogen) atoms. The number of ether oxygens (including phenoxy) is 1. The van der Waals surface area contributed by atoms with Crippen molar-refractivity contribution < 1.29 is 9.53 Å². The van der Waals surface area contributed by atoms with E-state index in [1.807, 2.05) is 33.9 Å². The van der Waals surface area contributed by atoms with E-state index in [9.17, 15) is 9.59 Å². The molecule has 5 heteroatoms. The number of nitrogens with zero attached hydrogens (tertiary/aromatic N) is 2. The number of carbonyl (C=O) groups excluding carboxylic acids is 1. The quantitative estimate of drug-likeness (QED) is 0.836. The fourth-order valence-corrected chi connectivity index (χ4v) is 4.07. The van der Waals surface area contributed by atoms with E-state index in [1.54, 1.807) is 6.07 Å². The van der Waals surface area contributed by atoms with Crippen LogP contribution in [0.4, 0.5) is 0 Å². The van der Waals surface area contributed by atoms with Crippen LogP contribution >= 0.6 is 0 Å². The zero-order chi connectivity index (χ0) is 17.7. The van der Waals surface area contributed by atoms with Crippen LogP contribution < -0.4 is 10.3 Å². The number of para-hydroxylation sites is 1. The summed E-state index contributed by atoms with van der Waals surface area (Å²) in [5.41, 5.74) is 3.46. The maximum atomic E-state index is 13.0. The van der Waals surface area contributed by atoms with E-state index in [-0.39, 0.29) is 11.5 Å². The Balaban J connectivity index is 1.35. The molecule has 1 atom stereocenters. The monoisotopic (exact) mass is 350 g/mol. The molecule has 0 N–H and O–H groups in total. The number of carbonyl (C=O) groups is 1. The predicted molar refractivity (Wildman–Crippen MR) is 97.3 cm³/mol. The molecule has 1 saturated carbocycles. The van der Waals surface area contributed by atoms with Crippen LogP contribution in [0.15, 0.2) is 41.3 Å². The van der Waals surface area contributed by atoms with Gasteiger partial charge in [-0.2, -0.15) is 0 Å². The van der Waals surface area contributed by atoms with E-state index < -0.39 is 6.10 Å². The second-order valence-corrected chi connectivity index (χ2v) is 7.56. The van der Waals surface area contributed by atoms with Gasteiger partial charge >= 0.3 is 0 Å². The van der Waals surface area contributed by atoms with Crippen LogP contribution in [0.25, 0.3) is 0 Å². The van der Waals surface area contributed by atoms with Crippen LogP contribution in [-0.2, 0) is 24.2 Å². The van der Waals surface area contributed by atoms with E-state index >= 15 is 0 Å². The SMILES string of the molecule is O=C(C1CCc2ccccc2O1)N1CCc2cc(=O)n(C3CC3)cc2C1. The Hall–Kier alpha value is -2.56. The Bertz CT molecular complexity index is 929. The zero-order valence-electron chi connectivity index (χ0n) is 14.7. The summed E-state index contributed by atoms with van der Waals surface area (Å²) in [4.78, 5) is 27.1. The number of benzene rings is 1. The number of amides is 1. The molecule has 0 radical (unpaired) electrons. The summed E-state index contributed by atoms with van der Waals surface area (Å²) in [5.74, 6) is 0.895. The lowest BCUT2D eigenvalue weighted by Gasteiger charge is -2.34. The molecule has 0 saturated heterocycles. The van der Waals surface area contributed by atoms with Gasteiger partial charge in [0.2, 0.25) is 0 Å². The van der Waals surface area contributed by atoms with E-state index in [0.29, 0.717) is 19.1 Å². The van der Waals surface area contributed by atoms with Gasteiger partial charge in [0.05, 0.1) is 0 Å². The van der Waals surface area contributed by atoms with Crippen molar-refractivity contribution in [2.45, 2.75) is 50.8 Å². The minimum absolute atomic E-state index is 0.0642. The van der Waals surface area contributed by atoms with Crippen molar-refractivity contribution in [3.63, 3.8) is 0 Å². The Labute approximate surface area is 152 Å². The first-order valence-electron chi connectivity index (χ1n) is 9.46. The maximum Gasteiger partial charge on any atom is 0.263 e. The molecule has 1 fully saturated rings. The molecule has 5 nitrogen and oxygen atoms in total. The van der Waals surface area contributed by atoms with Crippen LogP contribution in [0.5, 0.6) is 5.75 Å². The second kappa shape index (κ2) is 6.01. The average Bonchev–Trinajstić information content (AvgIpc) is 3.51. The molecule has 0 spiro atoms. The number of aryl methyl sites for hydroxylation is 1. The van der Waals surface area contributed by atoms with Crippen molar-refractivity contribution in [3.8, 4) is 5.75 Å². The first kappa shape index (κ1) is 15.7. The lowest BCUT2D eigenvalue weighted by atomic mass is 9.98. The lowest BCUT2D eigenvalue weighted by molar-refractivity contribution is -0.140. The summed E-state index contributed by atoms with van der Waals surface area (Å²) in [7, 11) is 0. The number of rotatable bonds is 2. The lowest BCUT2D eigenvalue weighted by Crippen LogP contribution is -2.46. The highest BCUT2D eigenvalue weighted by Gasteiger charge is 2.32. The first-order valence-corrected chi connectivity index (χ1v) is 9.46. The molecule has 3 aliphatic rings. The van der Waals surface area contributed by atoms with E-state index in [1.165, 1.54) is 5.56 Å². The molecule has 1 unspecified atom stereocenters. The molecule has 3 heterocycles. The van der Waals surface area contributed by atoms with Gasteiger partial charge in [0, 0.05) is 31.4 Å². The molecule has 0 bridgehead atoms. The van der Waals surface area contributed by atoms with Gasteiger partial charge in [-0.25, -0.2) is 0 Å². The van der Waals surface area contributed by atoms with Crippen LogP contribution in [0, 0.1) is 0 Å². The maximum absolute atomic E-state index is 13.0. The van der Waals surface area contributed by atoms with Crippen molar-refractivity contribution in [2.24, 2.45) is 0 Å². The fraction of sp³-hybridized carbons (Fsp3) is 0.429. The van der Waals surface area contributed by atoms with Gasteiger partial charge in [0.1, 0.15) is 5.75 Å². The molecule has 2 aliphatic heterocycles. The molecular formula is C21H22N2O3. The van der Waals surface area contributed by atoms with Gasteiger partial charge in [-0.05, 0) is 54.9 Å². The van der Waals surface area contributed by atoms with Crippen LogP contribution in [0.3, 0.4) is 0 Å². The average molecular weight is 350 g/mol. The summed E-state index contributed by atoms with van der Waals surface area (Å²) < 4.78 is 7.83. The summed E-state index contributed by atoms with van der Waals surface area (Å²) in [5, 5.41) is 0. The second-order valence-electron chi connectivity index (χ2n) is 7.56. The van der Waals surface area contributed by atoms with Gasteiger partial charge in [0.15, 0.2) is 6.10 Å².